The number of ether oxygens (including phenoxy) is 4. The first kappa shape index (κ1) is 29.7. The number of nitrogens with zero attached hydrogens (tertiary/aromatic N) is 3. The lowest BCUT2D eigenvalue weighted by atomic mass is 9.95. The second kappa shape index (κ2) is 12.3. The highest BCUT2D eigenvalue weighted by Gasteiger charge is 2.34. The van der Waals surface area contributed by atoms with Crippen LogP contribution in [0.15, 0.2) is 83.4 Å². The van der Waals surface area contributed by atoms with Crippen molar-refractivity contribution in [2.75, 3.05) is 27.9 Å². The van der Waals surface area contributed by atoms with Crippen molar-refractivity contribution in [2.24, 2.45) is 4.99 Å². The first-order chi connectivity index (χ1) is 21.3. The van der Waals surface area contributed by atoms with E-state index in [9.17, 15) is 9.59 Å². The van der Waals surface area contributed by atoms with Crippen LogP contribution in [0.5, 0.6) is 17.2 Å². The topological polar surface area (TPSA) is 114 Å². The average molecular weight is 650 g/mol. The van der Waals surface area contributed by atoms with E-state index in [1.165, 1.54) is 49.0 Å². The third-order valence-electron chi connectivity index (χ3n) is 6.86. The summed E-state index contributed by atoms with van der Waals surface area (Å²) in [5.74, 6) is 1.10. The van der Waals surface area contributed by atoms with Gasteiger partial charge in [0.15, 0.2) is 25.7 Å². The molecule has 1 aliphatic rings. The standard InChI is InChI=1S/C31H27N3O7S3/c1-6-40-29(36)25-16(2)32-30-34(26(25)17-13-20(37-3)27(39-5)21(14-17)38-4)28(35)23(42-30)15-18-11-12-24(41-18)44-31-33-19-9-7-8-10-22(19)43-31/h7-15,26H,6H2,1-5H3/b23-15-/t26-/m0/s1. The lowest BCUT2D eigenvalue weighted by Crippen LogP contribution is -2.40. The Kier molecular flexibility index (Phi) is 8.34. The maximum absolute atomic E-state index is 14.0. The maximum atomic E-state index is 14.0. The van der Waals surface area contributed by atoms with Crippen molar-refractivity contribution in [1.82, 2.24) is 9.55 Å². The number of carbonyl (C=O) groups is 1. The molecule has 6 rings (SSSR count). The number of hydrogen-bond donors (Lipinski definition) is 0. The van der Waals surface area contributed by atoms with Gasteiger partial charge in [-0.05, 0) is 67.6 Å². The Labute approximate surface area is 263 Å². The second-order valence-electron chi connectivity index (χ2n) is 9.47. The molecule has 0 spiro atoms. The maximum Gasteiger partial charge on any atom is 0.338 e. The molecule has 13 heteroatoms. The van der Waals surface area contributed by atoms with Gasteiger partial charge in [-0.2, -0.15) is 0 Å². The summed E-state index contributed by atoms with van der Waals surface area (Å²) >= 11 is 4.22. The van der Waals surface area contributed by atoms with E-state index >= 15 is 0 Å². The first-order valence-corrected chi connectivity index (χ1v) is 15.9. The number of furan rings is 1. The van der Waals surface area contributed by atoms with Crippen LogP contribution in [0.2, 0.25) is 0 Å². The van der Waals surface area contributed by atoms with E-state index in [0.29, 0.717) is 48.7 Å². The molecule has 0 bridgehead atoms. The molecule has 0 amide bonds. The van der Waals surface area contributed by atoms with E-state index in [1.54, 1.807) is 49.5 Å². The summed E-state index contributed by atoms with van der Waals surface area (Å²) in [6.07, 6.45) is 1.68. The van der Waals surface area contributed by atoms with E-state index in [-0.39, 0.29) is 17.7 Å². The van der Waals surface area contributed by atoms with Crippen LogP contribution in [-0.2, 0) is 9.53 Å². The SMILES string of the molecule is CCOC(=O)C1=C(C)N=c2s/c(=C\c3ccc(Sc4nc5ccccc5s4)o3)c(=O)n2[C@H]1c1cc(OC)c(OC)c(OC)c1. The third kappa shape index (κ3) is 5.42. The summed E-state index contributed by atoms with van der Waals surface area (Å²) < 4.78 is 32.0. The van der Waals surface area contributed by atoms with E-state index in [0.717, 1.165) is 14.6 Å². The normalized spacial score (nSPS) is 14.8. The smallest absolute Gasteiger partial charge is 0.338 e. The first-order valence-electron chi connectivity index (χ1n) is 13.5. The molecule has 0 unspecified atom stereocenters. The molecule has 10 nitrogen and oxygen atoms in total. The van der Waals surface area contributed by atoms with Crippen molar-refractivity contribution in [1.29, 1.82) is 0 Å². The minimum Gasteiger partial charge on any atom is -0.493 e. The van der Waals surface area contributed by atoms with Gasteiger partial charge in [-0.3, -0.25) is 9.36 Å². The Bertz CT molecular complexity index is 2050. The molecule has 3 aromatic heterocycles. The van der Waals surface area contributed by atoms with Crippen LogP contribution in [0.1, 0.15) is 31.2 Å². The Morgan fingerprint density at radius 2 is 1.82 bits per heavy atom. The minimum atomic E-state index is -0.858. The Morgan fingerprint density at radius 1 is 1.07 bits per heavy atom. The summed E-state index contributed by atoms with van der Waals surface area (Å²) in [4.78, 5) is 37.0. The number of thiazole rings is 2. The average Bonchev–Trinajstić information content (AvgIpc) is 3.72. The molecule has 0 saturated heterocycles. The quantitative estimate of drug-likeness (QED) is 0.199. The number of rotatable bonds is 9. The van der Waals surface area contributed by atoms with Crippen molar-refractivity contribution in [3.63, 3.8) is 0 Å². The molecule has 1 aliphatic heterocycles. The van der Waals surface area contributed by atoms with Gasteiger partial charge in [0.1, 0.15) is 5.76 Å². The number of allylic oxidation sites excluding steroid dienone is 1. The fourth-order valence-electron chi connectivity index (χ4n) is 4.94. The molecule has 0 N–H and O–H groups in total. The Morgan fingerprint density at radius 3 is 2.50 bits per heavy atom. The molecular weight excluding hydrogens is 623 g/mol. The number of fused-ring (bicyclic) bond motifs is 2. The lowest BCUT2D eigenvalue weighted by molar-refractivity contribution is -0.139. The van der Waals surface area contributed by atoms with Gasteiger partial charge in [0.2, 0.25) is 5.75 Å². The van der Waals surface area contributed by atoms with Gasteiger partial charge in [0, 0.05) is 6.08 Å². The molecule has 0 radical (unpaired) electrons. The largest absolute Gasteiger partial charge is 0.493 e. The van der Waals surface area contributed by atoms with E-state index in [2.05, 4.69) is 9.98 Å². The number of methoxy groups -OCH3 is 3. The molecule has 0 aliphatic carbocycles. The number of esters is 1. The van der Waals surface area contributed by atoms with Gasteiger partial charge < -0.3 is 23.4 Å². The van der Waals surface area contributed by atoms with Crippen LogP contribution in [0.4, 0.5) is 0 Å². The van der Waals surface area contributed by atoms with Gasteiger partial charge in [-0.25, -0.2) is 14.8 Å². The van der Waals surface area contributed by atoms with Gasteiger partial charge in [-0.15, -0.1) is 11.3 Å². The Hall–Kier alpha value is -4.33. The summed E-state index contributed by atoms with van der Waals surface area (Å²) in [6.45, 7) is 3.62. The van der Waals surface area contributed by atoms with Crippen molar-refractivity contribution >= 4 is 56.7 Å². The fourth-order valence-corrected chi connectivity index (χ4v) is 7.94. The highest BCUT2D eigenvalue weighted by atomic mass is 32.2. The van der Waals surface area contributed by atoms with Crippen LogP contribution in [0.3, 0.4) is 0 Å². The molecule has 226 valence electrons. The number of aromatic nitrogens is 2. The van der Waals surface area contributed by atoms with Crippen LogP contribution in [-0.4, -0.2) is 43.5 Å². The lowest BCUT2D eigenvalue weighted by Gasteiger charge is -2.26. The molecule has 5 aromatic rings. The van der Waals surface area contributed by atoms with Crippen LogP contribution >= 0.6 is 34.4 Å². The van der Waals surface area contributed by atoms with Crippen molar-refractivity contribution < 1.29 is 28.2 Å². The minimum absolute atomic E-state index is 0.165. The second-order valence-corrected chi connectivity index (χ2v) is 12.8. The molecule has 2 aromatic carbocycles. The van der Waals surface area contributed by atoms with Crippen LogP contribution < -0.4 is 29.1 Å². The predicted molar refractivity (Wildman–Crippen MR) is 169 cm³/mol. The van der Waals surface area contributed by atoms with Crippen LogP contribution in [0, 0.1) is 0 Å². The summed E-state index contributed by atoms with van der Waals surface area (Å²) in [6, 6.07) is 14.2. The zero-order chi connectivity index (χ0) is 31.0. The van der Waals surface area contributed by atoms with E-state index < -0.39 is 12.0 Å². The molecule has 1 atom stereocenters. The van der Waals surface area contributed by atoms with E-state index in [4.69, 9.17) is 23.4 Å². The summed E-state index contributed by atoms with van der Waals surface area (Å²) in [7, 11) is 4.52. The molecule has 44 heavy (non-hydrogen) atoms. The monoisotopic (exact) mass is 649 g/mol. The number of hydrogen-bond acceptors (Lipinski definition) is 12. The van der Waals surface area contributed by atoms with Crippen molar-refractivity contribution in [3.8, 4) is 17.2 Å². The summed E-state index contributed by atoms with van der Waals surface area (Å²) in [5, 5.41) is 0.652. The van der Waals surface area contributed by atoms with Gasteiger partial charge in [0.05, 0.1) is 60.0 Å². The molecule has 4 heterocycles. The predicted octanol–water partition coefficient (Wildman–Crippen LogP) is 5.18. The van der Waals surface area contributed by atoms with Gasteiger partial charge in [0.25, 0.3) is 5.56 Å². The van der Waals surface area contributed by atoms with Crippen molar-refractivity contribution in [3.05, 3.63) is 90.8 Å². The fraction of sp³-hybridized carbons (Fsp3) is 0.226. The molecular formula is C31H27N3O7S3. The molecule has 0 fully saturated rings. The highest BCUT2D eigenvalue weighted by Crippen LogP contribution is 2.42. The number of carbonyl (C=O) groups excluding carboxylic acids is 1. The third-order valence-corrected chi connectivity index (χ3v) is 9.86. The van der Waals surface area contributed by atoms with Crippen molar-refractivity contribution in [2.45, 2.75) is 29.3 Å². The van der Waals surface area contributed by atoms with E-state index in [1.807, 2.05) is 30.3 Å². The zero-order valence-electron chi connectivity index (χ0n) is 24.4. The zero-order valence-corrected chi connectivity index (χ0v) is 26.9. The highest BCUT2D eigenvalue weighted by molar-refractivity contribution is 8.01. The molecule has 0 saturated carbocycles. The van der Waals surface area contributed by atoms with Gasteiger partial charge >= 0.3 is 5.97 Å². The summed E-state index contributed by atoms with van der Waals surface area (Å²) in [5.41, 5.74) is 1.86. The van der Waals surface area contributed by atoms with Crippen LogP contribution in [0.25, 0.3) is 16.3 Å². The van der Waals surface area contributed by atoms with Gasteiger partial charge in [-0.1, -0.05) is 23.5 Å². The Balaban J connectivity index is 1.44. The number of para-hydroxylation sites is 1. The number of benzene rings is 2.